The number of nitrogens with zero attached hydrogens (tertiary/aromatic N) is 3. The van der Waals surface area contributed by atoms with Gasteiger partial charge < -0.3 is 15.0 Å². The number of hydrogen-bond donors (Lipinski definition) is 1. The lowest BCUT2D eigenvalue weighted by Crippen LogP contribution is -2.40. The van der Waals surface area contributed by atoms with E-state index in [4.69, 9.17) is 4.74 Å². The largest absolute Gasteiger partial charge is 0.379 e. The third kappa shape index (κ3) is 5.23. The van der Waals surface area contributed by atoms with Crippen LogP contribution in [0.1, 0.15) is 24.8 Å². The van der Waals surface area contributed by atoms with Gasteiger partial charge in [-0.2, -0.15) is 4.31 Å². The van der Waals surface area contributed by atoms with Crippen molar-refractivity contribution >= 4 is 27.4 Å². The number of rotatable bonds is 7. The van der Waals surface area contributed by atoms with Crippen molar-refractivity contribution < 1.29 is 17.9 Å². The Morgan fingerprint density at radius 3 is 2.45 bits per heavy atom. The number of carbonyl (C=O) groups is 1. The molecule has 0 atom stereocenters. The van der Waals surface area contributed by atoms with Gasteiger partial charge >= 0.3 is 0 Å². The molecule has 3 heterocycles. The SMILES string of the molecule is O=C(CCc1ccc(S(=O)(=O)N2CCOCC2)cc1)Nc1cccnc1N1CCCC1. The predicted octanol–water partition coefficient (Wildman–Crippen LogP) is 2.27. The molecular weight excluding hydrogens is 416 g/mol. The van der Waals surface area contributed by atoms with E-state index in [1.807, 2.05) is 12.1 Å². The maximum Gasteiger partial charge on any atom is 0.243 e. The molecule has 4 rings (SSSR count). The number of nitrogens with one attached hydrogen (secondary N) is 1. The molecule has 2 fully saturated rings. The van der Waals surface area contributed by atoms with Crippen LogP contribution in [-0.2, 0) is 26.0 Å². The number of sulfonamides is 1. The molecule has 31 heavy (non-hydrogen) atoms. The van der Waals surface area contributed by atoms with Gasteiger partial charge in [0.2, 0.25) is 15.9 Å². The Bertz CT molecular complexity index is 998. The number of aromatic nitrogens is 1. The summed E-state index contributed by atoms with van der Waals surface area (Å²) in [6.45, 7) is 3.50. The second kappa shape index (κ2) is 9.76. The van der Waals surface area contributed by atoms with Crippen LogP contribution < -0.4 is 10.2 Å². The topological polar surface area (TPSA) is 91.8 Å². The van der Waals surface area contributed by atoms with Crippen LogP contribution in [-0.4, -0.2) is 63.0 Å². The monoisotopic (exact) mass is 444 g/mol. The second-order valence-corrected chi connectivity index (χ2v) is 9.72. The molecule has 0 bridgehead atoms. The summed E-state index contributed by atoms with van der Waals surface area (Å²) in [5.74, 6) is 0.740. The molecule has 0 saturated carbocycles. The molecule has 1 amide bonds. The van der Waals surface area contributed by atoms with Crippen LogP contribution in [0.25, 0.3) is 0 Å². The van der Waals surface area contributed by atoms with E-state index in [0.717, 1.165) is 43.0 Å². The maximum atomic E-state index is 12.7. The van der Waals surface area contributed by atoms with Crippen LogP contribution in [0.2, 0.25) is 0 Å². The number of amides is 1. The van der Waals surface area contributed by atoms with Gasteiger partial charge in [0.15, 0.2) is 5.82 Å². The highest BCUT2D eigenvalue weighted by atomic mass is 32.2. The van der Waals surface area contributed by atoms with Gasteiger partial charge in [0, 0.05) is 38.8 Å². The lowest BCUT2D eigenvalue weighted by Gasteiger charge is -2.26. The molecule has 166 valence electrons. The zero-order chi connectivity index (χ0) is 21.7. The molecule has 0 aliphatic carbocycles. The Morgan fingerprint density at radius 2 is 1.74 bits per heavy atom. The van der Waals surface area contributed by atoms with Crippen LogP contribution >= 0.6 is 0 Å². The molecule has 2 aliphatic rings. The Kier molecular flexibility index (Phi) is 6.84. The van der Waals surface area contributed by atoms with E-state index >= 15 is 0 Å². The van der Waals surface area contributed by atoms with E-state index in [2.05, 4.69) is 15.2 Å². The summed E-state index contributed by atoms with van der Waals surface area (Å²) >= 11 is 0. The number of hydrogen-bond acceptors (Lipinski definition) is 6. The molecule has 8 nitrogen and oxygen atoms in total. The minimum atomic E-state index is -3.50. The quantitative estimate of drug-likeness (QED) is 0.704. The van der Waals surface area contributed by atoms with Crippen LogP contribution in [0, 0.1) is 0 Å². The third-order valence-corrected chi connectivity index (χ3v) is 7.55. The number of benzene rings is 1. The van der Waals surface area contributed by atoms with E-state index in [1.165, 1.54) is 4.31 Å². The number of carbonyl (C=O) groups excluding carboxylic acids is 1. The average molecular weight is 445 g/mol. The lowest BCUT2D eigenvalue weighted by molar-refractivity contribution is -0.116. The summed E-state index contributed by atoms with van der Waals surface area (Å²) in [7, 11) is -3.50. The number of morpholine rings is 1. The van der Waals surface area contributed by atoms with E-state index in [-0.39, 0.29) is 10.8 Å². The van der Waals surface area contributed by atoms with Crippen LogP contribution in [0.3, 0.4) is 0 Å². The minimum absolute atomic E-state index is 0.0848. The number of pyridine rings is 1. The van der Waals surface area contributed by atoms with Crippen LogP contribution in [0.15, 0.2) is 47.5 Å². The molecule has 0 radical (unpaired) electrons. The van der Waals surface area contributed by atoms with Crippen molar-refractivity contribution in [1.29, 1.82) is 0 Å². The van der Waals surface area contributed by atoms with Gasteiger partial charge in [0.05, 0.1) is 23.8 Å². The van der Waals surface area contributed by atoms with Crippen molar-refractivity contribution in [2.75, 3.05) is 49.6 Å². The highest BCUT2D eigenvalue weighted by Gasteiger charge is 2.26. The van der Waals surface area contributed by atoms with Crippen LogP contribution in [0.4, 0.5) is 11.5 Å². The van der Waals surface area contributed by atoms with Gasteiger partial charge in [-0.25, -0.2) is 13.4 Å². The summed E-state index contributed by atoms with van der Waals surface area (Å²) in [6, 6.07) is 10.5. The normalized spacial score (nSPS) is 17.6. The van der Waals surface area contributed by atoms with Crippen molar-refractivity contribution in [3.8, 4) is 0 Å². The summed E-state index contributed by atoms with van der Waals surface area (Å²) in [4.78, 5) is 19.4. The van der Waals surface area contributed by atoms with Crippen LogP contribution in [0.5, 0.6) is 0 Å². The summed E-state index contributed by atoms with van der Waals surface area (Å²) in [5.41, 5.74) is 1.66. The lowest BCUT2D eigenvalue weighted by atomic mass is 10.1. The standard InChI is InChI=1S/C22H28N4O4S/c27-21(24-20-4-3-11-23-22(20)25-12-1-2-13-25)10-7-18-5-8-19(9-6-18)31(28,29)26-14-16-30-17-15-26/h3-6,8-9,11H,1-2,7,10,12-17H2,(H,24,27). The van der Waals surface area contributed by atoms with Gasteiger partial charge in [-0.15, -0.1) is 0 Å². The molecule has 1 aromatic carbocycles. The maximum absolute atomic E-state index is 12.7. The smallest absolute Gasteiger partial charge is 0.243 e. The first-order valence-corrected chi connectivity index (χ1v) is 12.1. The molecule has 2 aliphatic heterocycles. The van der Waals surface area contributed by atoms with Crippen molar-refractivity contribution in [2.24, 2.45) is 0 Å². The fraction of sp³-hybridized carbons (Fsp3) is 0.455. The summed E-state index contributed by atoms with van der Waals surface area (Å²) in [5, 5.41) is 2.98. The Balaban J connectivity index is 1.34. The highest BCUT2D eigenvalue weighted by molar-refractivity contribution is 7.89. The number of ether oxygens (including phenoxy) is 1. The molecular formula is C22H28N4O4S. The van der Waals surface area contributed by atoms with E-state index in [1.54, 1.807) is 30.5 Å². The van der Waals surface area contributed by atoms with E-state index in [9.17, 15) is 13.2 Å². The zero-order valence-electron chi connectivity index (χ0n) is 17.5. The van der Waals surface area contributed by atoms with Gasteiger partial charge in [-0.05, 0) is 49.1 Å². The Labute approximate surface area is 183 Å². The first kappa shape index (κ1) is 21.7. The Hall–Kier alpha value is -2.49. The summed E-state index contributed by atoms with van der Waals surface area (Å²) in [6.07, 6.45) is 4.87. The van der Waals surface area contributed by atoms with Crippen molar-refractivity contribution in [3.63, 3.8) is 0 Å². The molecule has 1 N–H and O–H groups in total. The Morgan fingerprint density at radius 1 is 1.03 bits per heavy atom. The number of aryl methyl sites for hydroxylation is 1. The highest BCUT2D eigenvalue weighted by Crippen LogP contribution is 2.26. The number of anilines is 2. The fourth-order valence-corrected chi connectivity index (χ4v) is 5.32. The van der Waals surface area contributed by atoms with E-state index < -0.39 is 10.0 Å². The fourth-order valence-electron chi connectivity index (χ4n) is 3.91. The molecule has 1 aromatic heterocycles. The summed E-state index contributed by atoms with van der Waals surface area (Å²) < 4.78 is 32.1. The predicted molar refractivity (Wildman–Crippen MR) is 119 cm³/mol. The van der Waals surface area contributed by atoms with Gasteiger partial charge in [-0.1, -0.05) is 12.1 Å². The molecule has 0 spiro atoms. The average Bonchev–Trinajstić information content (AvgIpc) is 3.34. The van der Waals surface area contributed by atoms with Crippen molar-refractivity contribution in [1.82, 2.24) is 9.29 Å². The first-order chi connectivity index (χ1) is 15.0. The van der Waals surface area contributed by atoms with Gasteiger partial charge in [0.1, 0.15) is 0 Å². The molecule has 2 saturated heterocycles. The first-order valence-electron chi connectivity index (χ1n) is 10.7. The van der Waals surface area contributed by atoms with Gasteiger partial charge in [0.25, 0.3) is 0 Å². The zero-order valence-corrected chi connectivity index (χ0v) is 18.3. The third-order valence-electron chi connectivity index (χ3n) is 5.64. The van der Waals surface area contributed by atoms with E-state index in [0.29, 0.717) is 39.1 Å². The molecule has 9 heteroatoms. The minimum Gasteiger partial charge on any atom is -0.379 e. The molecule has 2 aromatic rings. The van der Waals surface area contributed by atoms with Crippen molar-refractivity contribution in [2.45, 2.75) is 30.6 Å². The molecule has 0 unspecified atom stereocenters. The second-order valence-electron chi connectivity index (χ2n) is 7.78. The van der Waals surface area contributed by atoms with Crippen molar-refractivity contribution in [3.05, 3.63) is 48.2 Å². The van der Waals surface area contributed by atoms with Gasteiger partial charge in [-0.3, -0.25) is 4.79 Å².